The molecule has 2 unspecified atom stereocenters. The first-order valence-corrected chi connectivity index (χ1v) is 6.83. The minimum atomic E-state index is 0.164. The van der Waals surface area contributed by atoms with E-state index in [0.717, 1.165) is 28.7 Å². The minimum absolute atomic E-state index is 0.164. The summed E-state index contributed by atoms with van der Waals surface area (Å²) in [7, 11) is 0. The Morgan fingerprint density at radius 2 is 1.88 bits per heavy atom. The van der Waals surface area contributed by atoms with Crippen molar-refractivity contribution in [3.63, 3.8) is 0 Å². The molecule has 1 aromatic rings. The highest BCUT2D eigenvalue weighted by Gasteiger charge is 2.29. The molecule has 1 aliphatic heterocycles. The highest BCUT2D eigenvalue weighted by Crippen LogP contribution is 2.25. The molecule has 92 valence electrons. The van der Waals surface area contributed by atoms with Crippen molar-refractivity contribution in [1.29, 1.82) is 0 Å². The number of carbonyl (C=O) groups is 1. The van der Waals surface area contributed by atoms with Gasteiger partial charge in [-0.25, -0.2) is 0 Å². The van der Waals surface area contributed by atoms with Gasteiger partial charge in [-0.1, -0.05) is 29.8 Å². The second-order valence-corrected chi connectivity index (χ2v) is 5.98. The van der Waals surface area contributed by atoms with Gasteiger partial charge >= 0.3 is 0 Å². The molecule has 2 rings (SSSR count). The topological polar surface area (TPSA) is 20.3 Å². The van der Waals surface area contributed by atoms with E-state index in [0.29, 0.717) is 11.8 Å². The van der Waals surface area contributed by atoms with Crippen molar-refractivity contribution in [3.8, 4) is 0 Å². The molecule has 1 amide bonds. The summed E-state index contributed by atoms with van der Waals surface area (Å²) in [6.45, 7) is 8.20. The van der Waals surface area contributed by atoms with Gasteiger partial charge in [0.1, 0.15) is 0 Å². The Morgan fingerprint density at radius 1 is 1.29 bits per heavy atom. The summed E-state index contributed by atoms with van der Waals surface area (Å²) in [5, 5.41) is 0. The van der Waals surface area contributed by atoms with Crippen molar-refractivity contribution in [2.45, 2.75) is 20.8 Å². The largest absolute Gasteiger partial charge is 0.338 e. The summed E-state index contributed by atoms with van der Waals surface area (Å²) in [6.07, 6.45) is 0. The lowest BCUT2D eigenvalue weighted by Gasteiger charge is -2.16. The summed E-state index contributed by atoms with van der Waals surface area (Å²) in [5.41, 5.74) is 1.91. The van der Waals surface area contributed by atoms with Crippen LogP contribution >= 0.6 is 15.9 Å². The van der Waals surface area contributed by atoms with E-state index in [1.165, 1.54) is 0 Å². The van der Waals surface area contributed by atoms with Crippen LogP contribution in [-0.2, 0) is 0 Å². The molecule has 0 bridgehead atoms. The van der Waals surface area contributed by atoms with Crippen LogP contribution in [0.15, 0.2) is 22.7 Å². The average Bonchev–Trinajstić information content (AvgIpc) is 2.62. The van der Waals surface area contributed by atoms with E-state index < -0.39 is 0 Å². The first kappa shape index (κ1) is 12.6. The predicted molar refractivity (Wildman–Crippen MR) is 73.1 cm³/mol. The van der Waals surface area contributed by atoms with E-state index >= 15 is 0 Å². The molecular formula is C14H18BrNO. The zero-order valence-electron chi connectivity index (χ0n) is 10.5. The van der Waals surface area contributed by atoms with Crippen LogP contribution in [-0.4, -0.2) is 23.9 Å². The van der Waals surface area contributed by atoms with Gasteiger partial charge in [-0.2, -0.15) is 0 Å². The molecule has 2 atom stereocenters. The quantitative estimate of drug-likeness (QED) is 0.777. The summed E-state index contributed by atoms with van der Waals surface area (Å²) >= 11 is 3.46. The van der Waals surface area contributed by atoms with Crippen molar-refractivity contribution in [2.24, 2.45) is 11.8 Å². The molecule has 0 N–H and O–H groups in total. The number of rotatable bonds is 1. The molecule has 1 fully saturated rings. The van der Waals surface area contributed by atoms with Crippen molar-refractivity contribution >= 4 is 21.8 Å². The first-order chi connectivity index (χ1) is 7.99. The van der Waals surface area contributed by atoms with Gasteiger partial charge in [-0.3, -0.25) is 4.79 Å². The maximum atomic E-state index is 12.3. The smallest absolute Gasteiger partial charge is 0.253 e. The van der Waals surface area contributed by atoms with Crippen molar-refractivity contribution < 1.29 is 4.79 Å². The lowest BCUT2D eigenvalue weighted by atomic mass is 10.0. The van der Waals surface area contributed by atoms with Crippen LogP contribution < -0.4 is 0 Å². The van der Waals surface area contributed by atoms with Crippen LogP contribution in [0.4, 0.5) is 0 Å². The number of amides is 1. The third-order valence-electron chi connectivity index (χ3n) is 3.68. The highest BCUT2D eigenvalue weighted by molar-refractivity contribution is 9.10. The van der Waals surface area contributed by atoms with Crippen LogP contribution in [0.3, 0.4) is 0 Å². The van der Waals surface area contributed by atoms with Crippen LogP contribution in [0.5, 0.6) is 0 Å². The van der Waals surface area contributed by atoms with E-state index in [9.17, 15) is 4.79 Å². The molecule has 1 heterocycles. The van der Waals surface area contributed by atoms with E-state index in [1.807, 2.05) is 30.0 Å². The number of halogens is 1. The Balaban J connectivity index is 2.17. The first-order valence-electron chi connectivity index (χ1n) is 6.04. The Labute approximate surface area is 111 Å². The highest BCUT2D eigenvalue weighted by atomic mass is 79.9. The molecule has 2 nitrogen and oxygen atoms in total. The van der Waals surface area contributed by atoms with Gasteiger partial charge in [0.15, 0.2) is 0 Å². The standard InChI is InChI=1S/C14H18BrNO/c1-9-6-12(4-5-13(9)15)14(17)16-7-10(2)11(3)8-16/h4-6,10-11H,7-8H2,1-3H3. The van der Waals surface area contributed by atoms with E-state index in [2.05, 4.69) is 29.8 Å². The second kappa shape index (κ2) is 4.81. The fourth-order valence-corrected chi connectivity index (χ4v) is 2.50. The zero-order valence-corrected chi connectivity index (χ0v) is 12.1. The maximum Gasteiger partial charge on any atom is 0.253 e. The molecular weight excluding hydrogens is 278 g/mol. The number of aryl methyl sites for hydroxylation is 1. The predicted octanol–water partition coefficient (Wildman–Crippen LogP) is 3.49. The number of hydrogen-bond acceptors (Lipinski definition) is 1. The Morgan fingerprint density at radius 3 is 2.41 bits per heavy atom. The fraction of sp³-hybridized carbons (Fsp3) is 0.500. The van der Waals surface area contributed by atoms with Crippen molar-refractivity contribution in [3.05, 3.63) is 33.8 Å². The minimum Gasteiger partial charge on any atom is -0.338 e. The van der Waals surface area contributed by atoms with Crippen LogP contribution in [0.2, 0.25) is 0 Å². The van der Waals surface area contributed by atoms with Crippen molar-refractivity contribution in [1.82, 2.24) is 4.90 Å². The van der Waals surface area contributed by atoms with Crippen LogP contribution in [0.25, 0.3) is 0 Å². The Hall–Kier alpha value is -0.830. The van der Waals surface area contributed by atoms with Gasteiger partial charge in [-0.15, -0.1) is 0 Å². The van der Waals surface area contributed by atoms with E-state index in [1.54, 1.807) is 0 Å². The number of likely N-dealkylation sites (tertiary alicyclic amines) is 1. The molecule has 1 saturated heterocycles. The second-order valence-electron chi connectivity index (χ2n) is 5.13. The third-order valence-corrected chi connectivity index (χ3v) is 4.57. The summed E-state index contributed by atoms with van der Waals surface area (Å²) < 4.78 is 1.05. The molecule has 17 heavy (non-hydrogen) atoms. The monoisotopic (exact) mass is 295 g/mol. The Bertz CT molecular complexity index is 434. The summed E-state index contributed by atoms with van der Waals surface area (Å²) in [6, 6.07) is 5.80. The summed E-state index contributed by atoms with van der Waals surface area (Å²) in [4.78, 5) is 14.3. The van der Waals surface area contributed by atoms with Gasteiger partial charge in [0.25, 0.3) is 5.91 Å². The molecule has 1 aromatic carbocycles. The van der Waals surface area contributed by atoms with Gasteiger partial charge in [0.2, 0.25) is 0 Å². The fourth-order valence-electron chi connectivity index (χ4n) is 2.26. The number of nitrogens with zero attached hydrogens (tertiary/aromatic N) is 1. The molecule has 3 heteroatoms. The van der Waals surface area contributed by atoms with Gasteiger partial charge < -0.3 is 4.90 Å². The molecule has 0 spiro atoms. The Kier molecular flexibility index (Phi) is 3.57. The third kappa shape index (κ3) is 2.54. The SMILES string of the molecule is Cc1cc(C(=O)N2CC(C)C(C)C2)ccc1Br. The lowest BCUT2D eigenvalue weighted by molar-refractivity contribution is 0.0785. The van der Waals surface area contributed by atoms with Crippen LogP contribution in [0, 0.1) is 18.8 Å². The normalized spacial score (nSPS) is 24.1. The average molecular weight is 296 g/mol. The van der Waals surface area contributed by atoms with Gasteiger partial charge in [0, 0.05) is 23.1 Å². The molecule has 1 aliphatic rings. The molecule has 0 aromatic heterocycles. The zero-order chi connectivity index (χ0) is 12.6. The number of hydrogen-bond donors (Lipinski definition) is 0. The molecule has 0 radical (unpaired) electrons. The number of benzene rings is 1. The molecule has 0 saturated carbocycles. The van der Waals surface area contributed by atoms with E-state index in [4.69, 9.17) is 0 Å². The van der Waals surface area contributed by atoms with Crippen molar-refractivity contribution in [2.75, 3.05) is 13.1 Å². The lowest BCUT2D eigenvalue weighted by Crippen LogP contribution is -2.28. The molecule has 0 aliphatic carbocycles. The van der Waals surface area contributed by atoms with E-state index in [-0.39, 0.29) is 5.91 Å². The van der Waals surface area contributed by atoms with Gasteiger partial charge in [-0.05, 0) is 42.5 Å². The maximum absolute atomic E-state index is 12.3. The van der Waals surface area contributed by atoms with Gasteiger partial charge in [0.05, 0.1) is 0 Å². The summed E-state index contributed by atoms with van der Waals surface area (Å²) in [5.74, 6) is 1.38. The van der Waals surface area contributed by atoms with Crippen LogP contribution in [0.1, 0.15) is 29.8 Å². The number of carbonyl (C=O) groups excluding carboxylic acids is 1.